The molecular formula is C20H33ClN2O2. The van der Waals surface area contributed by atoms with E-state index in [9.17, 15) is 4.79 Å². The number of rotatable bonds is 6. The minimum atomic E-state index is -0.848. The second-order valence-electron chi connectivity index (χ2n) is 7.90. The molecule has 0 bridgehead atoms. The zero-order valence-electron chi connectivity index (χ0n) is 16.3. The summed E-state index contributed by atoms with van der Waals surface area (Å²) in [5.41, 5.74) is 7.72. The summed E-state index contributed by atoms with van der Waals surface area (Å²) >= 11 is 0. The second-order valence-corrected chi connectivity index (χ2v) is 7.90. The van der Waals surface area contributed by atoms with E-state index in [4.69, 9.17) is 10.5 Å². The van der Waals surface area contributed by atoms with Crippen molar-refractivity contribution in [1.82, 2.24) is 4.90 Å². The first-order valence-electron chi connectivity index (χ1n) is 8.88. The van der Waals surface area contributed by atoms with Gasteiger partial charge in [-0.25, -0.2) is 0 Å². The van der Waals surface area contributed by atoms with E-state index in [1.807, 2.05) is 27.8 Å². The molecule has 2 N–H and O–H groups in total. The SMILES string of the molecule is CCOC1CC(N)(C(=O)N(C)Cc2ccc(C(C)C)cc2)C1(C)C.Cl. The first kappa shape index (κ1) is 21.9. The molecule has 4 nitrogen and oxygen atoms in total. The molecule has 1 amide bonds. The second kappa shape index (κ2) is 8.07. The highest BCUT2D eigenvalue weighted by molar-refractivity contribution is 5.88. The van der Waals surface area contributed by atoms with Gasteiger partial charge in [0.15, 0.2) is 0 Å². The molecule has 0 heterocycles. The molecule has 0 aliphatic heterocycles. The first-order chi connectivity index (χ1) is 11.1. The van der Waals surface area contributed by atoms with E-state index in [0.29, 0.717) is 25.5 Å². The van der Waals surface area contributed by atoms with Gasteiger partial charge in [-0.05, 0) is 24.0 Å². The Hall–Kier alpha value is -1.10. The average molecular weight is 369 g/mol. The fourth-order valence-corrected chi connectivity index (χ4v) is 3.49. The molecule has 1 fully saturated rings. The Morgan fingerprint density at radius 3 is 2.32 bits per heavy atom. The smallest absolute Gasteiger partial charge is 0.243 e. The Labute approximate surface area is 158 Å². The highest BCUT2D eigenvalue weighted by Gasteiger charge is 2.63. The topological polar surface area (TPSA) is 55.6 Å². The Morgan fingerprint density at radius 1 is 1.32 bits per heavy atom. The van der Waals surface area contributed by atoms with Crippen LogP contribution < -0.4 is 5.73 Å². The van der Waals surface area contributed by atoms with Crippen LogP contribution >= 0.6 is 12.4 Å². The number of nitrogens with two attached hydrogens (primary N) is 1. The summed E-state index contributed by atoms with van der Waals surface area (Å²) in [5.74, 6) is 0.508. The van der Waals surface area contributed by atoms with Crippen LogP contribution in [0.5, 0.6) is 0 Å². The predicted molar refractivity (Wildman–Crippen MR) is 105 cm³/mol. The van der Waals surface area contributed by atoms with Crippen molar-refractivity contribution in [3.05, 3.63) is 35.4 Å². The van der Waals surface area contributed by atoms with Gasteiger partial charge in [0.05, 0.1) is 6.10 Å². The van der Waals surface area contributed by atoms with E-state index >= 15 is 0 Å². The van der Waals surface area contributed by atoms with Crippen molar-refractivity contribution >= 4 is 18.3 Å². The first-order valence-corrected chi connectivity index (χ1v) is 8.88. The zero-order chi connectivity index (χ0) is 18.1. The highest BCUT2D eigenvalue weighted by Crippen LogP contribution is 2.50. The minimum absolute atomic E-state index is 0. The number of halogens is 1. The molecule has 1 aromatic rings. The molecule has 1 aliphatic carbocycles. The van der Waals surface area contributed by atoms with E-state index in [0.717, 1.165) is 5.56 Å². The van der Waals surface area contributed by atoms with E-state index in [-0.39, 0.29) is 29.8 Å². The number of amides is 1. The summed E-state index contributed by atoms with van der Waals surface area (Å²) < 4.78 is 5.72. The maximum Gasteiger partial charge on any atom is 0.243 e. The van der Waals surface area contributed by atoms with Crippen LogP contribution in [-0.4, -0.2) is 36.1 Å². The van der Waals surface area contributed by atoms with Crippen LogP contribution in [-0.2, 0) is 16.1 Å². The van der Waals surface area contributed by atoms with Crippen molar-refractivity contribution in [3.63, 3.8) is 0 Å². The van der Waals surface area contributed by atoms with Crippen molar-refractivity contribution in [2.45, 2.75) is 65.1 Å². The van der Waals surface area contributed by atoms with Crippen molar-refractivity contribution in [2.75, 3.05) is 13.7 Å². The Balaban J connectivity index is 0.00000312. The van der Waals surface area contributed by atoms with Gasteiger partial charge in [0.2, 0.25) is 5.91 Å². The number of carbonyl (C=O) groups excluding carboxylic acids is 1. The fourth-order valence-electron chi connectivity index (χ4n) is 3.49. The lowest BCUT2D eigenvalue weighted by atomic mass is 9.54. The number of likely N-dealkylation sites (N-methyl/N-ethyl adjacent to an activating group) is 1. The van der Waals surface area contributed by atoms with E-state index < -0.39 is 5.54 Å². The number of hydrogen-bond acceptors (Lipinski definition) is 3. The summed E-state index contributed by atoms with van der Waals surface area (Å²) in [7, 11) is 1.83. The molecular weight excluding hydrogens is 336 g/mol. The molecule has 0 spiro atoms. The van der Waals surface area contributed by atoms with Crippen LogP contribution in [0, 0.1) is 5.41 Å². The van der Waals surface area contributed by atoms with Crippen LogP contribution in [0.3, 0.4) is 0 Å². The molecule has 1 saturated carbocycles. The number of hydrogen-bond donors (Lipinski definition) is 1. The molecule has 25 heavy (non-hydrogen) atoms. The quantitative estimate of drug-likeness (QED) is 0.832. The third-order valence-electron chi connectivity index (χ3n) is 5.62. The van der Waals surface area contributed by atoms with Gasteiger partial charge < -0.3 is 15.4 Å². The lowest BCUT2D eigenvalue weighted by Crippen LogP contribution is -2.75. The van der Waals surface area contributed by atoms with Gasteiger partial charge in [-0.2, -0.15) is 0 Å². The lowest BCUT2D eigenvalue weighted by molar-refractivity contribution is -0.178. The molecule has 0 saturated heterocycles. The lowest BCUT2D eigenvalue weighted by Gasteiger charge is -2.58. The summed E-state index contributed by atoms with van der Waals surface area (Å²) in [4.78, 5) is 14.7. The molecule has 0 aromatic heterocycles. The van der Waals surface area contributed by atoms with Crippen LogP contribution in [0.25, 0.3) is 0 Å². The Bertz CT molecular complexity index is 586. The Kier molecular flexibility index (Phi) is 7.08. The van der Waals surface area contributed by atoms with Crippen molar-refractivity contribution in [2.24, 2.45) is 11.1 Å². The molecule has 1 aliphatic rings. The van der Waals surface area contributed by atoms with Crippen molar-refractivity contribution in [3.8, 4) is 0 Å². The molecule has 2 atom stereocenters. The van der Waals surface area contributed by atoms with Gasteiger partial charge in [0, 0.05) is 32.0 Å². The average Bonchev–Trinajstić information content (AvgIpc) is 2.54. The molecule has 1 aromatic carbocycles. The third-order valence-corrected chi connectivity index (χ3v) is 5.62. The number of ether oxygens (including phenoxy) is 1. The minimum Gasteiger partial charge on any atom is -0.378 e. The van der Waals surface area contributed by atoms with Gasteiger partial charge in [0.25, 0.3) is 0 Å². The number of benzene rings is 1. The number of carbonyl (C=O) groups is 1. The predicted octanol–water partition coefficient (Wildman–Crippen LogP) is 3.72. The van der Waals surface area contributed by atoms with E-state index in [1.165, 1.54) is 5.56 Å². The Morgan fingerprint density at radius 2 is 1.88 bits per heavy atom. The molecule has 2 unspecified atom stereocenters. The van der Waals surface area contributed by atoms with E-state index in [1.54, 1.807) is 4.90 Å². The standard InChI is InChI=1S/C20H32N2O2.ClH/c1-7-24-17-12-20(21,19(17,4)5)18(23)22(6)13-15-8-10-16(11-9-15)14(2)3;/h8-11,14,17H,7,12-13,21H2,1-6H3;1H. The molecule has 0 radical (unpaired) electrons. The maximum absolute atomic E-state index is 12.9. The summed E-state index contributed by atoms with van der Waals surface area (Å²) in [5, 5.41) is 0. The van der Waals surface area contributed by atoms with Crippen LogP contribution in [0.2, 0.25) is 0 Å². The van der Waals surface area contributed by atoms with Gasteiger partial charge in [0.1, 0.15) is 5.54 Å². The van der Waals surface area contributed by atoms with Crippen molar-refractivity contribution in [1.29, 1.82) is 0 Å². The van der Waals surface area contributed by atoms with Crippen LogP contribution in [0.1, 0.15) is 58.1 Å². The normalized spacial score (nSPS) is 24.4. The monoisotopic (exact) mass is 368 g/mol. The summed E-state index contributed by atoms with van der Waals surface area (Å²) in [6, 6.07) is 8.46. The molecule has 5 heteroatoms. The largest absolute Gasteiger partial charge is 0.378 e. The van der Waals surface area contributed by atoms with Gasteiger partial charge in [-0.15, -0.1) is 12.4 Å². The summed E-state index contributed by atoms with van der Waals surface area (Å²) in [6.07, 6.45) is 0.638. The maximum atomic E-state index is 12.9. The highest BCUT2D eigenvalue weighted by atomic mass is 35.5. The van der Waals surface area contributed by atoms with Gasteiger partial charge in [-0.1, -0.05) is 52.0 Å². The summed E-state index contributed by atoms with van der Waals surface area (Å²) in [6.45, 7) is 11.6. The zero-order valence-corrected chi connectivity index (χ0v) is 17.2. The number of nitrogens with zero attached hydrogens (tertiary/aromatic N) is 1. The van der Waals surface area contributed by atoms with Crippen molar-refractivity contribution < 1.29 is 9.53 Å². The molecule has 2 rings (SSSR count). The fraction of sp³-hybridized carbons (Fsp3) is 0.650. The third kappa shape index (κ3) is 4.02. The van der Waals surface area contributed by atoms with E-state index in [2.05, 4.69) is 38.1 Å². The molecule has 142 valence electrons. The van der Waals surface area contributed by atoms with Crippen LogP contribution in [0.4, 0.5) is 0 Å². The van der Waals surface area contributed by atoms with Gasteiger partial charge >= 0.3 is 0 Å². The van der Waals surface area contributed by atoms with Crippen LogP contribution in [0.15, 0.2) is 24.3 Å². The van der Waals surface area contributed by atoms with Gasteiger partial charge in [-0.3, -0.25) is 4.79 Å².